The average molecular weight is 864 g/mol. The summed E-state index contributed by atoms with van der Waals surface area (Å²) in [7, 11) is 0. The maximum absolute atomic E-state index is 6.52. The van der Waals surface area contributed by atoms with Crippen LogP contribution in [0.15, 0.2) is 102 Å². The number of fused-ring (bicyclic) bond motifs is 5. The molecule has 0 atom stereocenters. The predicted molar refractivity (Wildman–Crippen MR) is 210 cm³/mol. The monoisotopic (exact) mass is 864 g/mol. The molecular weight excluding hydrogens is 823 g/mol. The average Bonchev–Trinajstić information content (AvgIpc) is 3.71. The number of hydrogen-bond donors (Lipinski definition) is 0. The molecule has 0 aliphatic carbocycles. The molecule has 0 N–H and O–H groups in total. The SMILES string of the molecule is Cc1ccc(-c2[c-]cccc2)nc1.Cc1cccc(C)c1-c1cc(-c2[c-]ccc3c2oc2ccc4nc(C(C)(C)C)sc4c23)ncc1C(C)C.[Ir]. The summed E-state index contributed by atoms with van der Waals surface area (Å²) >= 11 is 1.77. The molecule has 0 saturated carbocycles. The van der Waals surface area contributed by atoms with Gasteiger partial charge in [-0.3, -0.25) is 0 Å². The maximum atomic E-state index is 6.52. The largest absolute Gasteiger partial charge is 0.501 e. The van der Waals surface area contributed by atoms with Crippen molar-refractivity contribution >= 4 is 43.5 Å². The third-order valence-electron chi connectivity index (χ3n) is 9.05. The Morgan fingerprint density at radius 3 is 2.22 bits per heavy atom. The second-order valence-electron chi connectivity index (χ2n) is 14.3. The molecule has 0 spiro atoms. The van der Waals surface area contributed by atoms with Crippen molar-refractivity contribution in [3.05, 3.63) is 137 Å². The number of aryl methyl sites for hydroxylation is 3. The van der Waals surface area contributed by atoms with E-state index in [0.717, 1.165) is 55.0 Å². The maximum Gasteiger partial charge on any atom is 0.122 e. The quantitative estimate of drug-likeness (QED) is 0.165. The molecule has 0 aliphatic rings. The van der Waals surface area contributed by atoms with E-state index in [2.05, 4.69) is 108 Å². The minimum atomic E-state index is 0. The number of pyridine rings is 2. The van der Waals surface area contributed by atoms with E-state index in [9.17, 15) is 0 Å². The Hall–Kier alpha value is -4.48. The number of benzene rings is 4. The van der Waals surface area contributed by atoms with E-state index >= 15 is 0 Å². The van der Waals surface area contributed by atoms with Gasteiger partial charge in [0.15, 0.2) is 0 Å². The number of rotatable bonds is 4. The Bertz CT molecular complexity index is 2450. The zero-order valence-corrected chi connectivity index (χ0v) is 33.5. The van der Waals surface area contributed by atoms with Gasteiger partial charge in [0, 0.05) is 43.3 Å². The minimum Gasteiger partial charge on any atom is -0.501 e. The van der Waals surface area contributed by atoms with Crippen LogP contribution in [0, 0.1) is 32.9 Å². The van der Waals surface area contributed by atoms with Gasteiger partial charge in [-0.25, -0.2) is 4.98 Å². The van der Waals surface area contributed by atoms with E-state index in [1.807, 2.05) is 61.8 Å². The topological polar surface area (TPSA) is 51.8 Å². The van der Waals surface area contributed by atoms with E-state index in [4.69, 9.17) is 14.4 Å². The predicted octanol–water partition coefficient (Wildman–Crippen LogP) is 12.6. The number of thiazole rings is 1. The summed E-state index contributed by atoms with van der Waals surface area (Å²) in [6.45, 7) is 17.5. The van der Waals surface area contributed by atoms with Crippen molar-refractivity contribution in [2.24, 2.45) is 0 Å². The third-order valence-corrected chi connectivity index (χ3v) is 10.6. The van der Waals surface area contributed by atoms with Crippen LogP contribution in [0.2, 0.25) is 0 Å². The molecule has 0 amide bonds. The third kappa shape index (κ3) is 7.19. The van der Waals surface area contributed by atoms with Crippen molar-refractivity contribution < 1.29 is 24.5 Å². The molecule has 8 aromatic rings. The second-order valence-corrected chi connectivity index (χ2v) is 15.3. The van der Waals surface area contributed by atoms with Gasteiger partial charge < -0.3 is 14.4 Å². The minimum absolute atomic E-state index is 0. The Morgan fingerprint density at radius 1 is 0.784 bits per heavy atom. The van der Waals surface area contributed by atoms with Crippen LogP contribution in [0.5, 0.6) is 0 Å². The molecule has 8 rings (SSSR count). The summed E-state index contributed by atoms with van der Waals surface area (Å²) in [4.78, 5) is 14.2. The molecule has 0 unspecified atom stereocenters. The van der Waals surface area contributed by atoms with Crippen LogP contribution in [-0.4, -0.2) is 15.0 Å². The van der Waals surface area contributed by atoms with Crippen LogP contribution in [0.1, 0.15) is 67.8 Å². The van der Waals surface area contributed by atoms with Crippen molar-refractivity contribution in [1.82, 2.24) is 15.0 Å². The molecule has 259 valence electrons. The van der Waals surface area contributed by atoms with Gasteiger partial charge in [-0.05, 0) is 83.6 Å². The van der Waals surface area contributed by atoms with Crippen molar-refractivity contribution in [3.63, 3.8) is 0 Å². The summed E-state index contributed by atoms with van der Waals surface area (Å²) in [5.74, 6) is 0.359. The first-order valence-electron chi connectivity index (χ1n) is 17.1. The smallest absolute Gasteiger partial charge is 0.122 e. The molecule has 4 aromatic carbocycles. The summed E-state index contributed by atoms with van der Waals surface area (Å²) < 4.78 is 7.70. The Labute approximate surface area is 318 Å². The number of hydrogen-bond acceptors (Lipinski definition) is 5. The van der Waals surface area contributed by atoms with Crippen LogP contribution < -0.4 is 0 Å². The normalized spacial score (nSPS) is 11.5. The fraction of sp³-hybridized carbons (Fsp3) is 0.222. The van der Waals surface area contributed by atoms with E-state index < -0.39 is 0 Å². The second kappa shape index (κ2) is 14.6. The van der Waals surface area contributed by atoms with Gasteiger partial charge in [0.2, 0.25) is 0 Å². The van der Waals surface area contributed by atoms with Gasteiger partial charge in [-0.1, -0.05) is 82.0 Å². The van der Waals surface area contributed by atoms with Gasteiger partial charge in [0.25, 0.3) is 0 Å². The number of furan rings is 1. The number of nitrogens with zero attached hydrogens (tertiary/aromatic N) is 3. The van der Waals surface area contributed by atoms with Crippen LogP contribution >= 0.6 is 11.3 Å². The van der Waals surface area contributed by atoms with Crippen LogP contribution in [-0.2, 0) is 25.5 Å². The van der Waals surface area contributed by atoms with Gasteiger partial charge in [-0.15, -0.1) is 65.4 Å². The molecular formula is C45H41IrN3OS-2. The van der Waals surface area contributed by atoms with Gasteiger partial charge in [0.1, 0.15) is 5.58 Å². The Morgan fingerprint density at radius 2 is 1.55 bits per heavy atom. The summed E-state index contributed by atoms with van der Waals surface area (Å²) in [5, 5.41) is 3.35. The van der Waals surface area contributed by atoms with E-state index in [0.29, 0.717) is 5.92 Å². The van der Waals surface area contributed by atoms with Crippen molar-refractivity contribution in [2.75, 3.05) is 0 Å². The first-order valence-corrected chi connectivity index (χ1v) is 17.9. The van der Waals surface area contributed by atoms with E-state index in [-0.39, 0.29) is 25.5 Å². The van der Waals surface area contributed by atoms with Crippen LogP contribution in [0.4, 0.5) is 0 Å². The van der Waals surface area contributed by atoms with Crippen LogP contribution in [0.3, 0.4) is 0 Å². The molecule has 6 heteroatoms. The number of aromatic nitrogens is 3. The zero-order valence-electron chi connectivity index (χ0n) is 30.3. The van der Waals surface area contributed by atoms with Crippen LogP contribution in [0.25, 0.3) is 65.8 Å². The fourth-order valence-corrected chi connectivity index (χ4v) is 7.59. The standard InChI is InChI=1S/C33H31N2OS.C12H10N.Ir/c1-18(2)24-17-34-26(16-23(24)28-19(3)10-8-11-20(28)4)21-12-9-13-22-29-27(36-30(21)22)15-14-25-31(29)37-32(35-25)33(5,6)7;1-10-7-8-12(13-9-10)11-5-3-2-4-6-11;/h8-11,13-18H,1-7H3;2-5,7-9H,1H3;/q2*-1;. The summed E-state index contributed by atoms with van der Waals surface area (Å²) in [6, 6.07) is 35.5. The molecule has 4 aromatic heterocycles. The van der Waals surface area contributed by atoms with Crippen molar-refractivity contribution in [2.45, 2.75) is 66.7 Å². The van der Waals surface area contributed by atoms with E-state index in [1.165, 1.54) is 38.1 Å². The first-order chi connectivity index (χ1) is 24.0. The fourth-order valence-electron chi connectivity index (χ4n) is 6.42. The summed E-state index contributed by atoms with van der Waals surface area (Å²) in [5.41, 5.74) is 14.0. The van der Waals surface area contributed by atoms with Crippen molar-refractivity contribution in [3.8, 4) is 33.6 Å². The molecule has 0 saturated heterocycles. The Balaban J connectivity index is 0.000000269. The molecule has 0 fully saturated rings. The van der Waals surface area contributed by atoms with Gasteiger partial charge in [-0.2, -0.15) is 0 Å². The van der Waals surface area contributed by atoms with Gasteiger partial charge >= 0.3 is 0 Å². The summed E-state index contributed by atoms with van der Waals surface area (Å²) in [6.07, 6.45) is 3.91. The molecule has 1 radical (unpaired) electrons. The Kier molecular flexibility index (Phi) is 10.4. The zero-order chi connectivity index (χ0) is 35.2. The van der Waals surface area contributed by atoms with Crippen molar-refractivity contribution in [1.29, 1.82) is 0 Å². The molecule has 51 heavy (non-hydrogen) atoms. The van der Waals surface area contributed by atoms with Gasteiger partial charge in [0.05, 0.1) is 20.8 Å². The molecule has 0 bridgehead atoms. The first kappa shape index (κ1) is 36.3. The molecule has 0 aliphatic heterocycles. The molecule has 4 nitrogen and oxygen atoms in total. The van der Waals surface area contributed by atoms with E-state index in [1.54, 1.807) is 11.3 Å². The molecule has 4 heterocycles.